The van der Waals surface area contributed by atoms with Gasteiger partial charge in [-0.2, -0.15) is 10.4 Å². The molecule has 2 aromatic heterocycles. The van der Waals surface area contributed by atoms with E-state index in [-0.39, 0.29) is 18.1 Å². The van der Waals surface area contributed by atoms with Crippen LogP contribution in [0.2, 0.25) is 0 Å². The molecular formula is C21H17FN6O3S. The van der Waals surface area contributed by atoms with Crippen LogP contribution < -0.4 is 15.4 Å². The highest BCUT2D eigenvalue weighted by Crippen LogP contribution is 2.42. The Balaban J connectivity index is 1.18. The fourth-order valence-corrected chi connectivity index (χ4v) is 4.20. The first-order valence-corrected chi connectivity index (χ1v) is 10.8. The van der Waals surface area contributed by atoms with E-state index in [1.165, 1.54) is 28.2 Å². The second-order valence-corrected chi connectivity index (χ2v) is 8.45. The molecule has 0 unspecified atom stereocenters. The van der Waals surface area contributed by atoms with Crippen LogP contribution in [-0.2, 0) is 16.8 Å². The molecule has 32 heavy (non-hydrogen) atoms. The fourth-order valence-electron chi connectivity index (χ4n) is 3.47. The predicted octanol–water partition coefficient (Wildman–Crippen LogP) is 2.46. The minimum absolute atomic E-state index is 0.136. The molecule has 9 nitrogen and oxygen atoms in total. The van der Waals surface area contributed by atoms with E-state index in [2.05, 4.69) is 26.8 Å². The number of nitrogens with one attached hydrogen (secondary N) is 2. The highest BCUT2D eigenvalue weighted by Gasteiger charge is 2.46. The highest BCUT2D eigenvalue weighted by molar-refractivity contribution is 7.14. The molecule has 11 heteroatoms. The molecule has 1 aliphatic carbocycles. The lowest BCUT2D eigenvalue weighted by atomic mass is 10.1. The van der Waals surface area contributed by atoms with Gasteiger partial charge < -0.3 is 15.4 Å². The molecule has 0 spiro atoms. The third-order valence-corrected chi connectivity index (χ3v) is 6.17. The Hall–Kier alpha value is -3.78. The van der Waals surface area contributed by atoms with Gasteiger partial charge in [-0.1, -0.05) is 0 Å². The third-order valence-electron chi connectivity index (χ3n) is 5.41. The van der Waals surface area contributed by atoms with E-state index in [0.29, 0.717) is 53.6 Å². The molecule has 2 amide bonds. The zero-order valence-corrected chi connectivity index (χ0v) is 17.5. The van der Waals surface area contributed by atoms with E-state index in [4.69, 9.17) is 4.74 Å². The number of carbonyl (C=O) groups excluding carboxylic acids is 2. The summed E-state index contributed by atoms with van der Waals surface area (Å²) in [5.74, 6) is -0.786. The number of halogens is 1. The Bertz CT molecular complexity index is 1270. The number of rotatable bonds is 6. The predicted molar refractivity (Wildman–Crippen MR) is 113 cm³/mol. The second-order valence-electron chi connectivity index (χ2n) is 7.59. The van der Waals surface area contributed by atoms with Crippen LogP contribution in [0, 0.1) is 17.1 Å². The lowest BCUT2D eigenvalue weighted by Gasteiger charge is -2.06. The number of thiazole rings is 1. The van der Waals surface area contributed by atoms with Gasteiger partial charge in [0.1, 0.15) is 22.8 Å². The number of amides is 2. The summed E-state index contributed by atoms with van der Waals surface area (Å²) in [6.45, 7) is 0.185. The maximum Gasteiger partial charge on any atom is 0.272 e. The summed E-state index contributed by atoms with van der Waals surface area (Å²) in [5.41, 5.74) is 1.14. The van der Waals surface area contributed by atoms with Crippen molar-refractivity contribution in [2.24, 2.45) is 0 Å². The van der Waals surface area contributed by atoms with Gasteiger partial charge in [0, 0.05) is 29.1 Å². The van der Waals surface area contributed by atoms with Crippen LogP contribution in [0.3, 0.4) is 0 Å². The average Bonchev–Trinajstić information content (AvgIpc) is 3.19. The summed E-state index contributed by atoms with van der Waals surface area (Å²) < 4.78 is 21.2. The van der Waals surface area contributed by atoms with Crippen molar-refractivity contribution < 1.29 is 18.7 Å². The molecule has 0 radical (unpaired) electrons. The number of aromatic nitrogens is 3. The van der Waals surface area contributed by atoms with Gasteiger partial charge in [0.15, 0.2) is 5.13 Å². The van der Waals surface area contributed by atoms with Gasteiger partial charge >= 0.3 is 0 Å². The summed E-state index contributed by atoms with van der Waals surface area (Å²) in [4.78, 5) is 28.8. The lowest BCUT2D eigenvalue weighted by molar-refractivity contribution is -0.115. The van der Waals surface area contributed by atoms with Crippen molar-refractivity contribution in [2.45, 2.75) is 24.8 Å². The zero-order valence-electron chi connectivity index (χ0n) is 16.7. The summed E-state index contributed by atoms with van der Waals surface area (Å²) in [6.07, 6.45) is 3.55. The number of nitrogens with zero attached hydrogens (tertiary/aromatic N) is 4. The number of anilines is 1. The number of benzene rings is 1. The topological polar surface area (TPSA) is 122 Å². The quantitative estimate of drug-likeness (QED) is 0.593. The van der Waals surface area contributed by atoms with Gasteiger partial charge in [0.05, 0.1) is 24.9 Å². The smallest absolute Gasteiger partial charge is 0.272 e. The summed E-state index contributed by atoms with van der Waals surface area (Å²) in [7, 11) is 0. The summed E-state index contributed by atoms with van der Waals surface area (Å²) >= 11 is 1.19. The van der Waals surface area contributed by atoms with E-state index >= 15 is 0 Å². The van der Waals surface area contributed by atoms with Crippen molar-refractivity contribution in [2.75, 3.05) is 18.5 Å². The average molecular weight is 452 g/mol. The van der Waals surface area contributed by atoms with E-state index in [1.807, 2.05) is 0 Å². The van der Waals surface area contributed by atoms with Gasteiger partial charge in [-0.05, 0) is 31.0 Å². The number of carbonyl (C=O) groups is 2. The Morgan fingerprint density at radius 2 is 2.22 bits per heavy atom. The molecule has 162 valence electrons. The minimum Gasteiger partial charge on any atom is -0.493 e. The molecule has 1 aromatic carbocycles. The largest absolute Gasteiger partial charge is 0.493 e. The van der Waals surface area contributed by atoms with E-state index in [0.717, 1.165) is 0 Å². The maximum absolute atomic E-state index is 14.2. The van der Waals surface area contributed by atoms with Gasteiger partial charge in [0.2, 0.25) is 5.91 Å². The summed E-state index contributed by atoms with van der Waals surface area (Å²) in [6, 6.07) is 6.86. The number of nitriles is 1. The van der Waals surface area contributed by atoms with E-state index in [9.17, 15) is 19.2 Å². The van der Waals surface area contributed by atoms with Crippen molar-refractivity contribution in [3.8, 4) is 23.1 Å². The SMILES string of the molecule is N#CC1(n2ccc(C(=O)NCC(=O)Nc3nc(-c4cc(F)c5c(c4)OCC5)cs3)n2)CC1. The first-order chi connectivity index (χ1) is 15.5. The van der Waals surface area contributed by atoms with Crippen LogP contribution in [0.5, 0.6) is 5.75 Å². The maximum atomic E-state index is 14.2. The molecule has 5 rings (SSSR count). The fraction of sp³-hybridized carbons (Fsp3) is 0.286. The Kier molecular flexibility index (Phi) is 4.86. The Morgan fingerprint density at radius 1 is 1.38 bits per heavy atom. The van der Waals surface area contributed by atoms with Gasteiger partial charge in [-0.25, -0.2) is 9.37 Å². The second kappa shape index (κ2) is 7.72. The molecule has 0 bridgehead atoms. The number of ether oxygens (including phenoxy) is 1. The van der Waals surface area contributed by atoms with Crippen LogP contribution >= 0.6 is 11.3 Å². The van der Waals surface area contributed by atoms with Crippen molar-refractivity contribution >= 4 is 28.3 Å². The van der Waals surface area contributed by atoms with Crippen molar-refractivity contribution in [3.05, 3.63) is 46.9 Å². The molecule has 1 aliphatic heterocycles. The van der Waals surface area contributed by atoms with E-state index in [1.54, 1.807) is 17.6 Å². The van der Waals surface area contributed by atoms with Crippen molar-refractivity contribution in [3.63, 3.8) is 0 Å². The van der Waals surface area contributed by atoms with Gasteiger partial charge in [-0.3, -0.25) is 14.3 Å². The molecule has 3 heterocycles. The standard InChI is InChI=1S/C21H17FN6O3S/c22-14-7-12(8-17-13(14)2-6-31-17)16-10-32-20(25-16)26-18(29)9-24-19(30)15-1-5-28(27-15)21(11-23)3-4-21/h1,5,7-8,10H,2-4,6,9H2,(H,24,30)(H,25,26,29). The van der Waals surface area contributed by atoms with Crippen LogP contribution in [0.4, 0.5) is 9.52 Å². The van der Waals surface area contributed by atoms with Crippen molar-refractivity contribution in [1.82, 2.24) is 20.1 Å². The first-order valence-electron chi connectivity index (χ1n) is 9.94. The van der Waals surface area contributed by atoms with Crippen molar-refractivity contribution in [1.29, 1.82) is 5.26 Å². The van der Waals surface area contributed by atoms with Gasteiger partial charge in [-0.15, -0.1) is 11.3 Å². The molecule has 3 aromatic rings. The van der Waals surface area contributed by atoms with Crippen LogP contribution in [0.1, 0.15) is 28.9 Å². The normalized spacial score (nSPS) is 15.4. The number of hydrogen-bond donors (Lipinski definition) is 2. The molecule has 0 saturated heterocycles. The van der Waals surface area contributed by atoms with Crippen LogP contribution in [0.25, 0.3) is 11.3 Å². The lowest BCUT2D eigenvalue weighted by Crippen LogP contribution is -2.33. The van der Waals surface area contributed by atoms with Gasteiger partial charge in [0.25, 0.3) is 5.91 Å². The summed E-state index contributed by atoms with van der Waals surface area (Å²) in [5, 5.41) is 20.5. The number of hydrogen-bond acceptors (Lipinski definition) is 7. The first kappa shape index (κ1) is 20.1. The molecule has 0 atom stereocenters. The molecule has 1 fully saturated rings. The van der Waals surface area contributed by atoms with E-state index < -0.39 is 17.4 Å². The molecule has 1 saturated carbocycles. The van der Waals surface area contributed by atoms with Crippen LogP contribution in [0.15, 0.2) is 29.8 Å². The number of fused-ring (bicyclic) bond motifs is 1. The van der Waals surface area contributed by atoms with Crippen LogP contribution in [-0.4, -0.2) is 39.7 Å². The zero-order chi connectivity index (χ0) is 22.3. The Labute approximate surface area is 185 Å². The molecule has 2 N–H and O–H groups in total. The monoisotopic (exact) mass is 452 g/mol. The third kappa shape index (κ3) is 3.69. The molecule has 2 aliphatic rings. The Morgan fingerprint density at radius 3 is 3.00 bits per heavy atom. The minimum atomic E-state index is -0.647. The molecular weight excluding hydrogens is 435 g/mol. The highest BCUT2D eigenvalue weighted by atomic mass is 32.1.